The zero-order chi connectivity index (χ0) is 22.6. The number of nitrogens with zero attached hydrogens (tertiary/aromatic N) is 3. The summed E-state index contributed by atoms with van der Waals surface area (Å²) >= 11 is 1.31. The molecule has 166 valence electrons. The molecule has 0 aliphatic carbocycles. The van der Waals surface area contributed by atoms with Crippen LogP contribution in [0.25, 0.3) is 23.3 Å². The fourth-order valence-electron chi connectivity index (χ4n) is 2.45. The number of hydrogen-bond donors (Lipinski definition) is 1. The number of amides is 1. The van der Waals surface area contributed by atoms with Gasteiger partial charge >= 0.3 is 6.09 Å². The van der Waals surface area contributed by atoms with Crippen molar-refractivity contribution in [2.45, 2.75) is 32.5 Å². The van der Waals surface area contributed by atoms with E-state index in [0.29, 0.717) is 27.9 Å². The lowest BCUT2D eigenvalue weighted by Crippen LogP contribution is -2.34. The van der Waals surface area contributed by atoms with Gasteiger partial charge in [-0.1, -0.05) is 11.3 Å². The molecule has 0 aliphatic heterocycles. The number of thiazole rings is 1. The summed E-state index contributed by atoms with van der Waals surface area (Å²) in [5.74, 6) is 0.750. The summed E-state index contributed by atoms with van der Waals surface area (Å²) in [5.41, 5.74) is 0.499. The first kappa shape index (κ1) is 22.7. The van der Waals surface area contributed by atoms with Crippen LogP contribution in [0.1, 0.15) is 31.5 Å². The zero-order valence-electron chi connectivity index (χ0n) is 17.7. The number of carbonyl (C=O) groups excluding carboxylic acids is 1. The number of ether oxygens (including phenoxy) is 2. The van der Waals surface area contributed by atoms with E-state index in [1.807, 2.05) is 0 Å². The first-order chi connectivity index (χ1) is 14.7. The molecule has 8 nitrogen and oxygen atoms in total. The van der Waals surface area contributed by atoms with Crippen LogP contribution in [0.2, 0.25) is 0 Å². The van der Waals surface area contributed by atoms with Crippen LogP contribution in [0.5, 0.6) is 5.75 Å². The molecule has 3 aromatic rings. The minimum atomic E-state index is -0.918. The van der Waals surface area contributed by atoms with Crippen molar-refractivity contribution in [1.82, 2.24) is 9.97 Å². The van der Waals surface area contributed by atoms with Crippen molar-refractivity contribution < 1.29 is 28.2 Å². The number of fused-ring (bicyclic) bond motifs is 1. The van der Waals surface area contributed by atoms with Crippen molar-refractivity contribution in [3.8, 4) is 5.75 Å². The summed E-state index contributed by atoms with van der Waals surface area (Å²) in [6.07, 6.45) is 3.70. The molecule has 1 N–H and O–H groups in total. The van der Waals surface area contributed by atoms with E-state index in [1.165, 1.54) is 16.2 Å². The molecule has 1 aromatic carbocycles. The lowest BCUT2D eigenvalue weighted by molar-refractivity contribution is 0.0589. The standard InChI is InChI=1S/C21H24FN3O5S/c1-21(2,3)30-20(27)25(4)19-23-11-15(31-19)6-8-18-24-16-7-5-13(9-17(16)29-18)28-14(10-22)12-26/h5-9,11,14,26H,10,12H2,1-4H3/b8-6+. The van der Waals surface area contributed by atoms with Crippen LogP contribution >= 0.6 is 11.3 Å². The average Bonchev–Trinajstić information content (AvgIpc) is 3.34. The highest BCUT2D eigenvalue weighted by Crippen LogP contribution is 2.26. The van der Waals surface area contributed by atoms with E-state index in [-0.39, 0.29) is 0 Å². The predicted octanol–water partition coefficient (Wildman–Crippen LogP) is 4.54. The fraction of sp³-hybridized carbons (Fsp3) is 0.381. The van der Waals surface area contributed by atoms with Crippen LogP contribution in [0.4, 0.5) is 14.3 Å². The first-order valence-corrected chi connectivity index (χ1v) is 10.3. The van der Waals surface area contributed by atoms with Crippen molar-refractivity contribution >= 4 is 45.8 Å². The number of rotatable bonds is 7. The number of aromatic nitrogens is 2. The first-order valence-electron chi connectivity index (χ1n) is 9.53. The fourth-order valence-corrected chi connectivity index (χ4v) is 3.22. The molecule has 0 bridgehead atoms. The second-order valence-electron chi connectivity index (χ2n) is 7.68. The lowest BCUT2D eigenvalue weighted by atomic mass is 10.2. The topological polar surface area (TPSA) is 97.9 Å². The number of halogens is 1. The Balaban J connectivity index is 1.70. The number of anilines is 1. The van der Waals surface area contributed by atoms with Gasteiger partial charge in [-0.3, -0.25) is 4.90 Å². The Kier molecular flexibility index (Phi) is 6.91. The molecule has 0 aliphatic rings. The molecular formula is C21H24FN3O5S. The second kappa shape index (κ2) is 9.44. The highest BCUT2D eigenvalue weighted by Gasteiger charge is 2.22. The minimum absolute atomic E-state index is 0.367. The van der Waals surface area contributed by atoms with E-state index in [4.69, 9.17) is 19.0 Å². The van der Waals surface area contributed by atoms with E-state index in [9.17, 15) is 9.18 Å². The highest BCUT2D eigenvalue weighted by molar-refractivity contribution is 7.16. The van der Waals surface area contributed by atoms with Crippen LogP contribution in [0, 0.1) is 0 Å². The maximum Gasteiger partial charge on any atom is 0.416 e. The Labute approximate surface area is 182 Å². The van der Waals surface area contributed by atoms with Crippen molar-refractivity contribution in [1.29, 1.82) is 0 Å². The smallest absolute Gasteiger partial charge is 0.416 e. The largest absolute Gasteiger partial charge is 0.485 e. The molecule has 0 saturated heterocycles. The quantitative estimate of drug-likeness (QED) is 0.566. The molecule has 0 radical (unpaired) electrons. The molecule has 1 amide bonds. The molecule has 0 spiro atoms. The van der Waals surface area contributed by atoms with Crippen molar-refractivity contribution in [2.24, 2.45) is 0 Å². The van der Waals surface area contributed by atoms with Crippen molar-refractivity contribution in [3.63, 3.8) is 0 Å². The van der Waals surface area contributed by atoms with Gasteiger partial charge < -0.3 is 19.0 Å². The van der Waals surface area contributed by atoms with Crippen molar-refractivity contribution in [3.05, 3.63) is 35.2 Å². The van der Waals surface area contributed by atoms with Crippen LogP contribution < -0.4 is 9.64 Å². The SMILES string of the molecule is CN(C(=O)OC(C)(C)C)c1ncc(/C=C/c2nc3ccc(OC(CO)CF)cc3o2)s1. The van der Waals surface area contributed by atoms with E-state index in [2.05, 4.69) is 9.97 Å². The van der Waals surface area contributed by atoms with Crippen LogP contribution in [-0.4, -0.2) is 53.2 Å². The molecule has 2 aromatic heterocycles. The number of oxazole rings is 1. The summed E-state index contributed by atoms with van der Waals surface area (Å²) in [6.45, 7) is 4.19. The maximum atomic E-state index is 12.7. The summed E-state index contributed by atoms with van der Waals surface area (Å²) in [7, 11) is 1.60. The third kappa shape index (κ3) is 6.02. The lowest BCUT2D eigenvalue weighted by Gasteiger charge is -2.23. The third-order valence-corrected chi connectivity index (χ3v) is 4.95. The molecule has 1 unspecified atom stereocenters. The van der Waals surface area contributed by atoms with Gasteiger partial charge in [0.1, 0.15) is 29.6 Å². The van der Waals surface area contributed by atoms with Gasteiger partial charge in [-0.25, -0.2) is 19.2 Å². The predicted molar refractivity (Wildman–Crippen MR) is 117 cm³/mol. The summed E-state index contributed by atoms with van der Waals surface area (Å²) in [5, 5.41) is 9.56. The summed E-state index contributed by atoms with van der Waals surface area (Å²) in [6, 6.07) is 4.93. The van der Waals surface area contributed by atoms with Gasteiger partial charge in [0.2, 0.25) is 5.89 Å². The Morgan fingerprint density at radius 3 is 2.84 bits per heavy atom. The maximum absolute atomic E-state index is 12.7. The number of carbonyl (C=O) groups is 1. The van der Waals surface area contributed by atoms with Gasteiger partial charge in [0.15, 0.2) is 10.7 Å². The number of aliphatic hydroxyl groups is 1. The van der Waals surface area contributed by atoms with E-state index >= 15 is 0 Å². The third-order valence-electron chi connectivity index (χ3n) is 3.91. The molecule has 10 heteroatoms. The van der Waals surface area contributed by atoms with Crippen LogP contribution in [0.3, 0.4) is 0 Å². The number of hydrogen-bond acceptors (Lipinski definition) is 8. The normalized spacial score (nSPS) is 13.0. The summed E-state index contributed by atoms with van der Waals surface area (Å²) in [4.78, 5) is 22.9. The van der Waals surface area contributed by atoms with Gasteiger partial charge in [-0.15, -0.1) is 0 Å². The van der Waals surface area contributed by atoms with Crippen LogP contribution in [-0.2, 0) is 4.74 Å². The Morgan fingerprint density at radius 2 is 2.16 bits per heavy atom. The van der Waals surface area contributed by atoms with Gasteiger partial charge in [0.05, 0.1) is 6.61 Å². The zero-order valence-corrected chi connectivity index (χ0v) is 18.5. The number of benzene rings is 1. The number of aliphatic hydroxyl groups excluding tert-OH is 1. The molecule has 3 rings (SSSR count). The molecule has 31 heavy (non-hydrogen) atoms. The van der Waals surface area contributed by atoms with Crippen LogP contribution in [0.15, 0.2) is 28.8 Å². The molecule has 0 fully saturated rings. The van der Waals surface area contributed by atoms with Gasteiger partial charge in [-0.2, -0.15) is 0 Å². The Morgan fingerprint density at radius 1 is 1.39 bits per heavy atom. The van der Waals surface area contributed by atoms with Gasteiger partial charge in [0.25, 0.3) is 0 Å². The number of alkyl halides is 1. The molecular weight excluding hydrogens is 425 g/mol. The molecule has 1 atom stereocenters. The van der Waals surface area contributed by atoms with Crippen molar-refractivity contribution in [2.75, 3.05) is 25.2 Å². The monoisotopic (exact) mass is 449 g/mol. The molecule has 0 saturated carbocycles. The second-order valence-corrected chi connectivity index (χ2v) is 8.72. The van der Waals surface area contributed by atoms with Gasteiger partial charge in [0, 0.05) is 30.3 Å². The van der Waals surface area contributed by atoms with Gasteiger partial charge in [-0.05, 0) is 39.0 Å². The summed E-state index contributed by atoms with van der Waals surface area (Å²) < 4.78 is 29.1. The minimum Gasteiger partial charge on any atom is -0.485 e. The average molecular weight is 450 g/mol. The Hall–Kier alpha value is -2.98. The molecule has 2 heterocycles. The van der Waals surface area contributed by atoms with E-state index in [0.717, 1.165) is 4.88 Å². The Bertz CT molecular complexity index is 1070. The van der Waals surface area contributed by atoms with E-state index < -0.39 is 31.1 Å². The highest BCUT2D eigenvalue weighted by atomic mass is 32.1. The van der Waals surface area contributed by atoms with E-state index in [1.54, 1.807) is 64.4 Å².